The standard InChI is InChI=1S/C8H14O2/c1-8-3-2-6(5-9)4-7(8)10-8/h6-7,9H,2-5H2,1H3. The molecule has 3 atom stereocenters. The fourth-order valence-corrected chi connectivity index (χ4v) is 1.89. The molecule has 3 unspecified atom stereocenters. The van der Waals surface area contributed by atoms with Gasteiger partial charge in [0.2, 0.25) is 0 Å². The smallest absolute Gasteiger partial charge is 0.0920 e. The topological polar surface area (TPSA) is 32.8 Å². The number of ether oxygens (including phenoxy) is 1. The Hall–Kier alpha value is -0.0800. The van der Waals surface area contributed by atoms with Gasteiger partial charge in [0.15, 0.2) is 0 Å². The van der Waals surface area contributed by atoms with E-state index >= 15 is 0 Å². The van der Waals surface area contributed by atoms with Crippen molar-refractivity contribution in [2.45, 2.75) is 37.9 Å². The Labute approximate surface area is 61.2 Å². The van der Waals surface area contributed by atoms with E-state index in [2.05, 4.69) is 6.92 Å². The number of hydrogen-bond donors (Lipinski definition) is 1. The molecule has 0 aromatic carbocycles. The fourth-order valence-electron chi connectivity index (χ4n) is 1.89. The van der Waals surface area contributed by atoms with Gasteiger partial charge in [-0.3, -0.25) is 0 Å². The van der Waals surface area contributed by atoms with Gasteiger partial charge in [-0.25, -0.2) is 0 Å². The second-order valence-corrected chi connectivity index (χ2v) is 3.74. The molecule has 0 spiro atoms. The lowest BCUT2D eigenvalue weighted by molar-refractivity contribution is 0.191. The summed E-state index contributed by atoms with van der Waals surface area (Å²) in [5, 5.41) is 8.86. The van der Waals surface area contributed by atoms with Crippen LogP contribution in [0.2, 0.25) is 0 Å². The van der Waals surface area contributed by atoms with Crippen LogP contribution in [0.5, 0.6) is 0 Å². The number of aliphatic hydroxyl groups excluding tert-OH is 1. The van der Waals surface area contributed by atoms with Crippen molar-refractivity contribution in [1.29, 1.82) is 0 Å². The van der Waals surface area contributed by atoms with Gasteiger partial charge in [0.1, 0.15) is 0 Å². The molecular formula is C8H14O2. The minimum atomic E-state index is 0.214. The number of rotatable bonds is 1. The molecule has 1 saturated heterocycles. The molecule has 2 aliphatic rings. The molecule has 2 rings (SSSR count). The molecule has 1 aliphatic heterocycles. The van der Waals surface area contributed by atoms with Crippen molar-refractivity contribution < 1.29 is 9.84 Å². The van der Waals surface area contributed by atoms with E-state index in [4.69, 9.17) is 9.84 Å². The van der Waals surface area contributed by atoms with Crippen molar-refractivity contribution in [2.75, 3.05) is 6.61 Å². The van der Waals surface area contributed by atoms with Crippen LogP contribution in [-0.2, 0) is 4.74 Å². The zero-order valence-electron chi connectivity index (χ0n) is 6.34. The molecule has 0 aromatic rings. The first-order valence-corrected chi connectivity index (χ1v) is 4.03. The Balaban J connectivity index is 1.93. The first-order valence-electron chi connectivity index (χ1n) is 4.03. The highest BCUT2D eigenvalue weighted by Gasteiger charge is 2.54. The number of aliphatic hydroxyl groups is 1. The van der Waals surface area contributed by atoms with Crippen molar-refractivity contribution in [3.05, 3.63) is 0 Å². The van der Waals surface area contributed by atoms with Crippen LogP contribution in [0.1, 0.15) is 26.2 Å². The highest BCUT2D eigenvalue weighted by molar-refractivity contribution is 5.03. The van der Waals surface area contributed by atoms with Crippen LogP contribution >= 0.6 is 0 Å². The number of epoxide rings is 1. The average molecular weight is 142 g/mol. The zero-order valence-corrected chi connectivity index (χ0v) is 6.34. The molecule has 0 amide bonds. The van der Waals surface area contributed by atoms with E-state index < -0.39 is 0 Å². The van der Waals surface area contributed by atoms with E-state index in [0.717, 1.165) is 19.3 Å². The summed E-state index contributed by atoms with van der Waals surface area (Å²) in [4.78, 5) is 0. The Morgan fingerprint density at radius 2 is 2.50 bits per heavy atom. The van der Waals surface area contributed by atoms with E-state index in [1.807, 2.05) is 0 Å². The van der Waals surface area contributed by atoms with Crippen LogP contribution in [0.3, 0.4) is 0 Å². The first kappa shape index (κ1) is 6.62. The third-order valence-electron chi connectivity index (χ3n) is 2.89. The van der Waals surface area contributed by atoms with E-state index in [0.29, 0.717) is 18.6 Å². The fraction of sp³-hybridized carbons (Fsp3) is 1.00. The highest BCUT2D eigenvalue weighted by Crippen LogP contribution is 2.48. The molecule has 0 aromatic heterocycles. The molecule has 1 aliphatic carbocycles. The molecule has 1 N–H and O–H groups in total. The predicted molar refractivity (Wildman–Crippen MR) is 37.7 cm³/mol. The van der Waals surface area contributed by atoms with Crippen LogP contribution in [0, 0.1) is 5.92 Å². The summed E-state index contributed by atoms with van der Waals surface area (Å²) in [5.74, 6) is 0.514. The maximum atomic E-state index is 8.86. The molecule has 10 heavy (non-hydrogen) atoms. The monoisotopic (exact) mass is 142 g/mol. The second kappa shape index (κ2) is 1.95. The summed E-state index contributed by atoms with van der Waals surface area (Å²) in [5.41, 5.74) is 0.214. The highest BCUT2D eigenvalue weighted by atomic mass is 16.6. The van der Waals surface area contributed by atoms with Gasteiger partial charge < -0.3 is 9.84 Å². The molecular weight excluding hydrogens is 128 g/mol. The number of hydrogen-bond acceptors (Lipinski definition) is 2. The Morgan fingerprint density at radius 3 is 3.10 bits per heavy atom. The summed E-state index contributed by atoms with van der Waals surface area (Å²) in [6.45, 7) is 2.52. The van der Waals surface area contributed by atoms with Gasteiger partial charge >= 0.3 is 0 Å². The lowest BCUT2D eigenvalue weighted by atomic mass is 9.83. The summed E-state index contributed by atoms with van der Waals surface area (Å²) >= 11 is 0. The summed E-state index contributed by atoms with van der Waals surface area (Å²) < 4.78 is 5.49. The van der Waals surface area contributed by atoms with Crippen LogP contribution in [0.4, 0.5) is 0 Å². The van der Waals surface area contributed by atoms with Crippen molar-refractivity contribution in [3.63, 3.8) is 0 Å². The summed E-state index contributed by atoms with van der Waals surface area (Å²) in [6, 6.07) is 0. The molecule has 2 heteroatoms. The molecule has 2 nitrogen and oxygen atoms in total. The van der Waals surface area contributed by atoms with Gasteiger partial charge in [-0.05, 0) is 32.1 Å². The Bertz CT molecular complexity index is 146. The Kier molecular flexibility index (Phi) is 1.29. The molecule has 0 bridgehead atoms. The summed E-state index contributed by atoms with van der Waals surface area (Å²) in [7, 11) is 0. The van der Waals surface area contributed by atoms with Crippen LogP contribution in [-0.4, -0.2) is 23.4 Å². The van der Waals surface area contributed by atoms with Crippen molar-refractivity contribution in [3.8, 4) is 0 Å². The Morgan fingerprint density at radius 1 is 1.70 bits per heavy atom. The van der Waals surface area contributed by atoms with Gasteiger partial charge in [0.25, 0.3) is 0 Å². The normalized spacial score (nSPS) is 52.2. The van der Waals surface area contributed by atoms with Gasteiger partial charge in [-0.15, -0.1) is 0 Å². The minimum Gasteiger partial charge on any atom is -0.396 e. The van der Waals surface area contributed by atoms with Crippen LogP contribution in [0.25, 0.3) is 0 Å². The van der Waals surface area contributed by atoms with Gasteiger partial charge in [-0.2, -0.15) is 0 Å². The summed E-state index contributed by atoms with van der Waals surface area (Å²) in [6.07, 6.45) is 3.83. The molecule has 1 saturated carbocycles. The number of fused-ring (bicyclic) bond motifs is 1. The van der Waals surface area contributed by atoms with Crippen molar-refractivity contribution in [2.24, 2.45) is 5.92 Å². The van der Waals surface area contributed by atoms with Crippen molar-refractivity contribution >= 4 is 0 Å². The maximum absolute atomic E-state index is 8.86. The van der Waals surface area contributed by atoms with E-state index in [-0.39, 0.29) is 5.60 Å². The predicted octanol–water partition coefficient (Wildman–Crippen LogP) is 0.936. The van der Waals surface area contributed by atoms with Crippen LogP contribution in [0.15, 0.2) is 0 Å². The van der Waals surface area contributed by atoms with Crippen molar-refractivity contribution in [1.82, 2.24) is 0 Å². The molecule has 1 heterocycles. The first-order chi connectivity index (χ1) is 4.74. The van der Waals surface area contributed by atoms with Crippen LogP contribution < -0.4 is 0 Å². The zero-order chi connectivity index (χ0) is 7.19. The molecule has 58 valence electrons. The quantitative estimate of drug-likeness (QED) is 0.552. The van der Waals surface area contributed by atoms with E-state index in [1.54, 1.807) is 0 Å². The lowest BCUT2D eigenvalue weighted by Crippen LogP contribution is -2.22. The molecule has 0 radical (unpaired) electrons. The SMILES string of the molecule is CC12CCC(CO)CC1O2. The van der Waals surface area contributed by atoms with E-state index in [9.17, 15) is 0 Å². The third-order valence-corrected chi connectivity index (χ3v) is 2.89. The minimum absolute atomic E-state index is 0.214. The average Bonchev–Trinajstić information content (AvgIpc) is 2.59. The van der Waals surface area contributed by atoms with Gasteiger partial charge in [0.05, 0.1) is 11.7 Å². The van der Waals surface area contributed by atoms with E-state index in [1.165, 1.54) is 0 Å². The molecule has 2 fully saturated rings. The largest absolute Gasteiger partial charge is 0.396 e. The lowest BCUT2D eigenvalue weighted by Gasteiger charge is -2.19. The third kappa shape index (κ3) is 0.867. The maximum Gasteiger partial charge on any atom is 0.0920 e. The van der Waals surface area contributed by atoms with Gasteiger partial charge in [0, 0.05) is 6.61 Å². The van der Waals surface area contributed by atoms with Gasteiger partial charge in [-0.1, -0.05) is 0 Å². The second-order valence-electron chi connectivity index (χ2n) is 3.74.